The van der Waals surface area contributed by atoms with Crippen LogP contribution in [0.5, 0.6) is 0 Å². The Hall–Kier alpha value is -1.98. The third-order valence-electron chi connectivity index (χ3n) is 3.45. The van der Waals surface area contributed by atoms with Crippen LogP contribution in [-0.2, 0) is 6.42 Å². The average Bonchev–Trinajstić information content (AvgIpc) is 2.49. The van der Waals surface area contributed by atoms with Gasteiger partial charge in [0.2, 0.25) is 0 Å². The maximum Gasteiger partial charge on any atom is 0.168 e. The topological polar surface area (TPSA) is 51.8 Å². The zero-order chi connectivity index (χ0) is 15.9. The number of pyridine rings is 2. The Labute approximate surface area is 142 Å². The summed E-state index contributed by atoms with van der Waals surface area (Å²) in [5, 5.41) is 0.747. The molecule has 0 radical (unpaired) electrons. The van der Waals surface area contributed by atoms with Crippen LogP contribution in [0.25, 0.3) is 22.0 Å². The number of hydrogen-bond acceptors (Lipinski definition) is 3. The molecule has 0 aliphatic carbocycles. The molecule has 1 aromatic carbocycles. The summed E-state index contributed by atoms with van der Waals surface area (Å²) in [6.45, 7) is 1.93. The Morgan fingerprint density at radius 3 is 2.61 bits per heavy atom. The molecule has 23 heavy (non-hydrogen) atoms. The number of halogens is 4. The number of aromatic nitrogens is 2. The zero-order valence-electron chi connectivity index (χ0n) is 12.1. The van der Waals surface area contributed by atoms with Crippen LogP contribution < -0.4 is 5.73 Å². The van der Waals surface area contributed by atoms with Crippen LogP contribution in [-0.4, -0.2) is 9.97 Å². The molecule has 0 saturated heterocycles. The standard InChI is InChI=1S/C16H12ClF2N3.ClH/c1-2-10-3-4-11(16(20)22-10)13-14(19)12(18)6-8-5-9(17)7-21-15(8)13;/h3-7H,2H2,1H3,(H2,20,22);1H. The molecule has 0 atom stereocenters. The summed E-state index contributed by atoms with van der Waals surface area (Å²) < 4.78 is 28.2. The van der Waals surface area contributed by atoms with E-state index in [-0.39, 0.29) is 23.8 Å². The molecular formula is C16H13Cl2F2N3. The molecule has 0 fully saturated rings. The Morgan fingerprint density at radius 1 is 1.22 bits per heavy atom. The van der Waals surface area contributed by atoms with Gasteiger partial charge in [-0.15, -0.1) is 12.4 Å². The van der Waals surface area contributed by atoms with E-state index >= 15 is 0 Å². The molecular weight excluding hydrogens is 343 g/mol. The van der Waals surface area contributed by atoms with Gasteiger partial charge in [0, 0.05) is 22.8 Å². The highest BCUT2D eigenvalue weighted by Crippen LogP contribution is 2.35. The number of aryl methyl sites for hydroxylation is 1. The van der Waals surface area contributed by atoms with Gasteiger partial charge in [-0.05, 0) is 30.7 Å². The number of nitrogen functional groups attached to an aromatic ring is 1. The maximum atomic E-state index is 14.3. The first-order chi connectivity index (χ1) is 10.5. The molecule has 120 valence electrons. The fraction of sp³-hybridized carbons (Fsp3) is 0.125. The number of nitrogens with two attached hydrogens (primary N) is 1. The van der Waals surface area contributed by atoms with Gasteiger partial charge in [-0.3, -0.25) is 4.98 Å². The lowest BCUT2D eigenvalue weighted by molar-refractivity contribution is 0.513. The minimum Gasteiger partial charge on any atom is -0.383 e. The highest BCUT2D eigenvalue weighted by molar-refractivity contribution is 6.31. The fourth-order valence-corrected chi connectivity index (χ4v) is 2.53. The summed E-state index contributed by atoms with van der Waals surface area (Å²) in [5.74, 6) is -1.84. The van der Waals surface area contributed by atoms with Gasteiger partial charge in [0.15, 0.2) is 11.6 Å². The minimum absolute atomic E-state index is 0. The predicted octanol–water partition coefficient (Wildman–Crippen LogP) is 4.79. The highest BCUT2D eigenvalue weighted by atomic mass is 35.5. The van der Waals surface area contributed by atoms with E-state index in [4.69, 9.17) is 17.3 Å². The lowest BCUT2D eigenvalue weighted by Crippen LogP contribution is -2.01. The smallest absolute Gasteiger partial charge is 0.168 e. The lowest BCUT2D eigenvalue weighted by Gasteiger charge is -2.11. The summed E-state index contributed by atoms with van der Waals surface area (Å²) in [6, 6.07) is 5.96. The van der Waals surface area contributed by atoms with Crippen LogP contribution in [0.2, 0.25) is 5.02 Å². The number of rotatable bonds is 2. The number of benzene rings is 1. The van der Waals surface area contributed by atoms with E-state index in [2.05, 4.69) is 9.97 Å². The summed E-state index contributed by atoms with van der Waals surface area (Å²) in [5.41, 5.74) is 7.30. The van der Waals surface area contributed by atoms with E-state index in [1.165, 1.54) is 12.3 Å². The van der Waals surface area contributed by atoms with Crippen LogP contribution in [0.15, 0.2) is 30.5 Å². The van der Waals surface area contributed by atoms with Crippen molar-refractivity contribution in [1.82, 2.24) is 9.97 Å². The Balaban J connectivity index is 0.00000192. The molecule has 0 spiro atoms. The second-order valence-electron chi connectivity index (χ2n) is 4.86. The van der Waals surface area contributed by atoms with Gasteiger partial charge >= 0.3 is 0 Å². The van der Waals surface area contributed by atoms with E-state index in [9.17, 15) is 8.78 Å². The largest absolute Gasteiger partial charge is 0.383 e. The van der Waals surface area contributed by atoms with E-state index in [0.717, 1.165) is 11.8 Å². The first-order valence-electron chi connectivity index (χ1n) is 6.70. The SMILES string of the molecule is CCc1ccc(-c2c(F)c(F)cc3cc(Cl)cnc23)c(N)n1.Cl. The molecule has 2 N–H and O–H groups in total. The maximum absolute atomic E-state index is 14.3. The van der Waals surface area contributed by atoms with Crippen molar-refractivity contribution >= 4 is 40.7 Å². The van der Waals surface area contributed by atoms with Crippen LogP contribution in [0, 0.1) is 11.6 Å². The molecule has 0 bridgehead atoms. The molecule has 3 nitrogen and oxygen atoms in total. The summed E-state index contributed by atoms with van der Waals surface area (Å²) in [7, 11) is 0. The molecule has 2 aromatic heterocycles. The molecule has 3 aromatic rings. The molecule has 2 heterocycles. The van der Waals surface area contributed by atoms with Crippen LogP contribution >= 0.6 is 24.0 Å². The Kier molecular flexibility index (Phi) is 5.02. The van der Waals surface area contributed by atoms with Crippen molar-refractivity contribution in [2.75, 3.05) is 5.73 Å². The van der Waals surface area contributed by atoms with Crippen LogP contribution in [0.3, 0.4) is 0 Å². The molecule has 7 heteroatoms. The Bertz CT molecular complexity index is 885. The van der Waals surface area contributed by atoms with Crippen molar-refractivity contribution < 1.29 is 8.78 Å². The van der Waals surface area contributed by atoms with E-state index in [0.29, 0.717) is 27.9 Å². The minimum atomic E-state index is -1.000. The van der Waals surface area contributed by atoms with Crippen LogP contribution in [0.1, 0.15) is 12.6 Å². The first-order valence-corrected chi connectivity index (χ1v) is 7.08. The number of hydrogen-bond donors (Lipinski definition) is 1. The van der Waals surface area contributed by atoms with Crippen molar-refractivity contribution in [2.45, 2.75) is 13.3 Å². The third kappa shape index (κ3) is 3.07. The van der Waals surface area contributed by atoms with Gasteiger partial charge in [0.25, 0.3) is 0 Å². The van der Waals surface area contributed by atoms with Crippen molar-refractivity contribution in [2.24, 2.45) is 0 Å². The monoisotopic (exact) mass is 355 g/mol. The first kappa shape index (κ1) is 17.4. The van der Waals surface area contributed by atoms with Gasteiger partial charge in [-0.25, -0.2) is 13.8 Å². The molecule has 0 saturated carbocycles. The molecule has 0 amide bonds. The van der Waals surface area contributed by atoms with Gasteiger partial charge in [-0.1, -0.05) is 18.5 Å². The van der Waals surface area contributed by atoms with Crippen molar-refractivity contribution in [3.63, 3.8) is 0 Å². The average molecular weight is 356 g/mol. The normalized spacial score (nSPS) is 10.6. The van der Waals surface area contributed by atoms with E-state index in [1.807, 2.05) is 6.92 Å². The number of anilines is 1. The lowest BCUT2D eigenvalue weighted by atomic mass is 10.0. The highest BCUT2D eigenvalue weighted by Gasteiger charge is 2.19. The van der Waals surface area contributed by atoms with Crippen molar-refractivity contribution in [3.05, 3.63) is 52.8 Å². The second-order valence-corrected chi connectivity index (χ2v) is 5.30. The van der Waals surface area contributed by atoms with Gasteiger partial charge < -0.3 is 5.73 Å². The Morgan fingerprint density at radius 2 is 1.96 bits per heavy atom. The quantitative estimate of drug-likeness (QED) is 0.718. The molecule has 0 unspecified atom stereocenters. The summed E-state index contributed by atoms with van der Waals surface area (Å²) in [4.78, 5) is 8.32. The second kappa shape index (κ2) is 6.64. The molecule has 0 aliphatic heterocycles. The van der Waals surface area contributed by atoms with E-state index < -0.39 is 11.6 Å². The molecule has 0 aliphatic rings. The fourth-order valence-electron chi connectivity index (χ4n) is 2.37. The predicted molar refractivity (Wildman–Crippen MR) is 90.9 cm³/mol. The van der Waals surface area contributed by atoms with Crippen molar-refractivity contribution in [1.29, 1.82) is 0 Å². The van der Waals surface area contributed by atoms with Gasteiger partial charge in [0.05, 0.1) is 16.1 Å². The third-order valence-corrected chi connectivity index (χ3v) is 3.65. The summed E-state index contributed by atoms with van der Waals surface area (Å²) in [6.07, 6.45) is 2.08. The number of fused-ring (bicyclic) bond motifs is 1. The zero-order valence-corrected chi connectivity index (χ0v) is 13.7. The van der Waals surface area contributed by atoms with Crippen LogP contribution in [0.4, 0.5) is 14.6 Å². The van der Waals surface area contributed by atoms with Crippen molar-refractivity contribution in [3.8, 4) is 11.1 Å². The summed E-state index contributed by atoms with van der Waals surface area (Å²) >= 11 is 5.86. The van der Waals surface area contributed by atoms with Gasteiger partial charge in [-0.2, -0.15) is 0 Å². The van der Waals surface area contributed by atoms with E-state index in [1.54, 1.807) is 12.1 Å². The van der Waals surface area contributed by atoms with Gasteiger partial charge in [0.1, 0.15) is 5.82 Å². The molecule has 3 rings (SSSR count). The number of nitrogens with zero attached hydrogens (tertiary/aromatic N) is 2.